The van der Waals surface area contributed by atoms with Crippen LogP contribution in [-0.2, 0) is 4.74 Å². The molecule has 0 aromatic rings. The van der Waals surface area contributed by atoms with E-state index in [2.05, 4.69) is 19.1 Å². The van der Waals surface area contributed by atoms with Gasteiger partial charge in [-0.2, -0.15) is 0 Å². The van der Waals surface area contributed by atoms with Gasteiger partial charge in [-0.15, -0.1) is 0 Å². The van der Waals surface area contributed by atoms with Gasteiger partial charge in [0.1, 0.15) is 5.76 Å². The summed E-state index contributed by atoms with van der Waals surface area (Å²) in [5.41, 5.74) is 1.34. The van der Waals surface area contributed by atoms with Crippen molar-refractivity contribution in [2.75, 3.05) is 6.26 Å². The number of fused-ring (bicyclic) bond motifs is 1. The molecule has 0 saturated heterocycles. The lowest BCUT2D eigenvalue weighted by Gasteiger charge is -1.99. The quantitative estimate of drug-likeness (QED) is 0.592. The lowest BCUT2D eigenvalue weighted by molar-refractivity contribution is 0.345. The van der Waals surface area contributed by atoms with Gasteiger partial charge in [-0.05, 0) is 24.8 Å². The van der Waals surface area contributed by atoms with E-state index < -0.39 is 0 Å². The molecule has 58 valence electrons. The smallest absolute Gasteiger partial charge is 0.160 e. The molecule has 1 unspecified atom stereocenters. The van der Waals surface area contributed by atoms with Crippen LogP contribution < -0.4 is 0 Å². The molecule has 1 aliphatic carbocycles. The second-order valence-electron chi connectivity index (χ2n) is 2.71. The van der Waals surface area contributed by atoms with Crippen LogP contribution in [0.2, 0.25) is 0 Å². The minimum absolute atomic E-state index is 0.442. The number of hydrogen-bond acceptors (Lipinski definition) is 2. The molecule has 2 aliphatic rings. The zero-order chi connectivity index (χ0) is 7.84. The van der Waals surface area contributed by atoms with Crippen LogP contribution >= 0.6 is 11.8 Å². The van der Waals surface area contributed by atoms with E-state index in [4.69, 9.17) is 4.74 Å². The van der Waals surface area contributed by atoms with Gasteiger partial charge in [0, 0.05) is 0 Å². The zero-order valence-electron chi connectivity index (χ0n) is 6.63. The second-order valence-corrected chi connectivity index (χ2v) is 3.49. The Bertz CT molecular complexity index is 273. The summed E-state index contributed by atoms with van der Waals surface area (Å²) in [6.07, 6.45) is 8.32. The van der Waals surface area contributed by atoms with E-state index in [0.717, 1.165) is 10.9 Å². The molecule has 0 fully saturated rings. The van der Waals surface area contributed by atoms with Crippen LogP contribution in [0, 0.1) is 5.92 Å². The highest BCUT2D eigenvalue weighted by Gasteiger charge is 2.28. The maximum Gasteiger partial charge on any atom is 0.160 e. The van der Waals surface area contributed by atoms with Gasteiger partial charge in [-0.3, -0.25) is 0 Å². The molecule has 11 heavy (non-hydrogen) atoms. The molecule has 0 bridgehead atoms. The molecule has 0 radical (unpaired) electrons. The molecule has 0 spiro atoms. The maximum atomic E-state index is 5.59. The zero-order valence-corrected chi connectivity index (χ0v) is 7.44. The van der Waals surface area contributed by atoms with Crippen LogP contribution in [0.15, 0.2) is 34.7 Å². The normalized spacial score (nSPS) is 27.1. The van der Waals surface area contributed by atoms with E-state index in [9.17, 15) is 0 Å². The molecule has 0 saturated carbocycles. The number of ether oxygens (including phenoxy) is 1. The first-order chi connectivity index (χ1) is 5.33. The molecule has 2 rings (SSSR count). The SMILES string of the molecule is CSC1=C(C)C2C=CC=C2O1. The fraction of sp³-hybridized carbons (Fsp3) is 0.333. The van der Waals surface area contributed by atoms with E-state index in [1.165, 1.54) is 5.57 Å². The lowest BCUT2D eigenvalue weighted by Crippen LogP contribution is -1.91. The first kappa shape index (κ1) is 7.04. The molecule has 1 atom stereocenters. The third-order valence-corrected chi connectivity index (χ3v) is 2.83. The minimum Gasteiger partial charge on any atom is -0.454 e. The Kier molecular flexibility index (Phi) is 1.57. The average molecular weight is 166 g/mol. The van der Waals surface area contributed by atoms with Crippen molar-refractivity contribution >= 4 is 11.8 Å². The summed E-state index contributed by atoms with van der Waals surface area (Å²) in [5, 5.41) is 1.07. The first-order valence-corrected chi connectivity index (χ1v) is 4.86. The van der Waals surface area contributed by atoms with Gasteiger partial charge < -0.3 is 4.74 Å². The van der Waals surface area contributed by atoms with Crippen molar-refractivity contribution in [2.45, 2.75) is 6.92 Å². The van der Waals surface area contributed by atoms with Crippen molar-refractivity contribution < 1.29 is 4.74 Å². The van der Waals surface area contributed by atoms with Gasteiger partial charge >= 0.3 is 0 Å². The van der Waals surface area contributed by atoms with E-state index in [0.29, 0.717) is 5.92 Å². The Morgan fingerprint density at radius 2 is 2.36 bits per heavy atom. The molecular formula is C9H10OS. The Labute approximate surface area is 70.8 Å². The summed E-state index contributed by atoms with van der Waals surface area (Å²) >= 11 is 1.68. The van der Waals surface area contributed by atoms with Crippen LogP contribution in [-0.4, -0.2) is 6.26 Å². The van der Waals surface area contributed by atoms with Crippen molar-refractivity contribution in [3.63, 3.8) is 0 Å². The topological polar surface area (TPSA) is 9.23 Å². The molecule has 2 heteroatoms. The van der Waals surface area contributed by atoms with Gasteiger partial charge in [0.15, 0.2) is 5.09 Å². The minimum atomic E-state index is 0.442. The van der Waals surface area contributed by atoms with Crippen LogP contribution in [0.3, 0.4) is 0 Å². The fourth-order valence-electron chi connectivity index (χ4n) is 1.43. The fourth-order valence-corrected chi connectivity index (χ4v) is 2.06. The summed E-state index contributed by atoms with van der Waals surface area (Å²) in [6, 6.07) is 0. The van der Waals surface area contributed by atoms with Crippen LogP contribution in [0.1, 0.15) is 6.92 Å². The van der Waals surface area contributed by atoms with Crippen LogP contribution in [0.25, 0.3) is 0 Å². The van der Waals surface area contributed by atoms with E-state index in [1.807, 2.05) is 12.3 Å². The molecule has 1 heterocycles. The third kappa shape index (κ3) is 0.932. The van der Waals surface area contributed by atoms with Crippen molar-refractivity contribution in [1.29, 1.82) is 0 Å². The molecule has 0 aromatic carbocycles. The summed E-state index contributed by atoms with van der Waals surface area (Å²) in [6.45, 7) is 2.13. The van der Waals surface area contributed by atoms with E-state index in [1.54, 1.807) is 11.8 Å². The Morgan fingerprint density at radius 3 is 3.00 bits per heavy atom. The summed E-state index contributed by atoms with van der Waals surface area (Å²) in [5.74, 6) is 1.53. The molecule has 0 aromatic heterocycles. The predicted octanol–water partition coefficient (Wildman–Crippen LogP) is 2.68. The monoisotopic (exact) mass is 166 g/mol. The Hall–Kier alpha value is -0.630. The molecule has 1 aliphatic heterocycles. The summed E-state index contributed by atoms with van der Waals surface area (Å²) < 4.78 is 5.59. The van der Waals surface area contributed by atoms with E-state index >= 15 is 0 Å². The second kappa shape index (κ2) is 2.45. The van der Waals surface area contributed by atoms with Gasteiger partial charge in [0.2, 0.25) is 0 Å². The third-order valence-electron chi connectivity index (χ3n) is 2.06. The molecule has 0 amide bonds. The number of allylic oxidation sites excluding steroid dienone is 3. The Balaban J connectivity index is 2.33. The average Bonchev–Trinajstić information content (AvgIpc) is 2.53. The standard InChI is InChI=1S/C9H10OS/c1-6-7-4-3-5-8(7)10-9(6)11-2/h3-5,7H,1-2H3. The van der Waals surface area contributed by atoms with E-state index in [-0.39, 0.29) is 0 Å². The largest absolute Gasteiger partial charge is 0.454 e. The molecule has 1 nitrogen and oxygen atoms in total. The summed E-state index contributed by atoms with van der Waals surface area (Å²) in [4.78, 5) is 0. The number of thioether (sulfide) groups is 1. The Morgan fingerprint density at radius 1 is 1.55 bits per heavy atom. The summed E-state index contributed by atoms with van der Waals surface area (Å²) in [7, 11) is 0. The van der Waals surface area contributed by atoms with Crippen molar-refractivity contribution in [3.8, 4) is 0 Å². The van der Waals surface area contributed by atoms with Crippen molar-refractivity contribution in [1.82, 2.24) is 0 Å². The highest BCUT2D eigenvalue weighted by Crippen LogP contribution is 2.41. The highest BCUT2D eigenvalue weighted by atomic mass is 32.2. The van der Waals surface area contributed by atoms with Gasteiger partial charge in [0.05, 0.1) is 5.92 Å². The first-order valence-electron chi connectivity index (χ1n) is 3.64. The van der Waals surface area contributed by atoms with Gasteiger partial charge in [-0.25, -0.2) is 0 Å². The molecule has 0 N–H and O–H groups in total. The van der Waals surface area contributed by atoms with Crippen molar-refractivity contribution in [3.05, 3.63) is 34.7 Å². The van der Waals surface area contributed by atoms with Gasteiger partial charge in [-0.1, -0.05) is 23.9 Å². The number of hydrogen-bond donors (Lipinski definition) is 0. The maximum absolute atomic E-state index is 5.59. The highest BCUT2D eigenvalue weighted by molar-refractivity contribution is 8.02. The predicted molar refractivity (Wildman–Crippen MR) is 48.0 cm³/mol. The van der Waals surface area contributed by atoms with Crippen LogP contribution in [0.4, 0.5) is 0 Å². The van der Waals surface area contributed by atoms with Gasteiger partial charge in [0.25, 0.3) is 0 Å². The van der Waals surface area contributed by atoms with Crippen LogP contribution in [0.5, 0.6) is 0 Å². The molecular weight excluding hydrogens is 156 g/mol. The lowest BCUT2D eigenvalue weighted by atomic mass is 10.0. The number of rotatable bonds is 1. The van der Waals surface area contributed by atoms with Crippen molar-refractivity contribution in [2.24, 2.45) is 5.92 Å².